The van der Waals surface area contributed by atoms with Crippen molar-refractivity contribution in [3.8, 4) is 11.3 Å². The molecular formula is C19H23FN6O2. The van der Waals surface area contributed by atoms with E-state index in [4.69, 9.17) is 0 Å². The van der Waals surface area contributed by atoms with Crippen molar-refractivity contribution in [2.24, 2.45) is 7.05 Å². The maximum atomic E-state index is 13.0. The first kappa shape index (κ1) is 19.5. The molecule has 0 aliphatic rings. The van der Waals surface area contributed by atoms with Crippen molar-refractivity contribution in [2.75, 3.05) is 18.5 Å². The first-order valence-corrected chi connectivity index (χ1v) is 9.13. The normalized spacial score (nSPS) is 11.0. The lowest BCUT2D eigenvalue weighted by atomic mass is 10.1. The highest BCUT2D eigenvalue weighted by Gasteiger charge is 2.22. The topological polar surface area (TPSA) is 92.9 Å². The van der Waals surface area contributed by atoms with Crippen LogP contribution in [0.4, 0.5) is 16.0 Å². The van der Waals surface area contributed by atoms with Crippen LogP contribution in [0.1, 0.15) is 25.0 Å². The zero-order chi connectivity index (χ0) is 20.1. The molecule has 0 saturated carbocycles. The van der Waals surface area contributed by atoms with Gasteiger partial charge in [-0.25, -0.2) is 4.39 Å². The lowest BCUT2D eigenvalue weighted by Gasteiger charge is -2.18. The third-order valence-corrected chi connectivity index (χ3v) is 4.63. The summed E-state index contributed by atoms with van der Waals surface area (Å²) in [6.45, 7) is 0.712. The van der Waals surface area contributed by atoms with Gasteiger partial charge in [0.25, 0.3) is 0 Å². The van der Waals surface area contributed by atoms with Gasteiger partial charge in [-0.05, 0) is 59.5 Å². The summed E-state index contributed by atoms with van der Waals surface area (Å²) in [7, 11) is 3.59. The molecule has 0 radical (unpaired) electrons. The van der Waals surface area contributed by atoms with Gasteiger partial charge in [0.05, 0.1) is 5.69 Å². The molecule has 0 atom stereocenters. The van der Waals surface area contributed by atoms with E-state index in [1.54, 1.807) is 23.7 Å². The predicted octanol–water partition coefficient (Wildman–Crippen LogP) is 3.71. The number of aromatic nitrogens is 4. The van der Waals surface area contributed by atoms with Gasteiger partial charge in [0.1, 0.15) is 5.82 Å². The molecule has 148 valence electrons. The number of nitro groups is 1. The summed E-state index contributed by atoms with van der Waals surface area (Å²) in [5.41, 5.74) is 2.72. The van der Waals surface area contributed by atoms with E-state index in [1.165, 1.54) is 18.5 Å². The molecule has 0 saturated heterocycles. The number of aryl methyl sites for hydroxylation is 2. The number of hydrogen-bond acceptors (Lipinski definition) is 5. The van der Waals surface area contributed by atoms with E-state index in [1.807, 2.05) is 18.0 Å². The van der Waals surface area contributed by atoms with E-state index >= 15 is 0 Å². The highest BCUT2D eigenvalue weighted by molar-refractivity contribution is 5.59. The first-order valence-electron chi connectivity index (χ1n) is 9.13. The Labute approximate surface area is 162 Å². The third kappa shape index (κ3) is 4.54. The van der Waals surface area contributed by atoms with Crippen molar-refractivity contribution >= 4 is 11.6 Å². The summed E-state index contributed by atoms with van der Waals surface area (Å²) in [6.07, 6.45) is 5.20. The van der Waals surface area contributed by atoms with E-state index in [9.17, 15) is 14.5 Å². The second kappa shape index (κ2) is 8.64. The van der Waals surface area contributed by atoms with Crippen LogP contribution in [0.2, 0.25) is 0 Å². The quantitative estimate of drug-likeness (QED) is 0.344. The Morgan fingerprint density at radius 3 is 2.71 bits per heavy atom. The van der Waals surface area contributed by atoms with Crippen molar-refractivity contribution in [3.05, 3.63) is 58.3 Å². The van der Waals surface area contributed by atoms with Crippen LogP contribution in [0, 0.1) is 15.9 Å². The SMILES string of the molecule is CN(CCCCCc1cc(-c2ccc(F)cc2)n[nH]1)c1c([N+](=O)[O-])ncn1C. The van der Waals surface area contributed by atoms with Crippen molar-refractivity contribution in [3.63, 3.8) is 0 Å². The highest BCUT2D eigenvalue weighted by atomic mass is 19.1. The number of halogens is 1. The van der Waals surface area contributed by atoms with E-state index in [-0.39, 0.29) is 11.6 Å². The van der Waals surface area contributed by atoms with Crippen LogP contribution in [-0.2, 0) is 13.5 Å². The number of unbranched alkanes of at least 4 members (excludes halogenated alkanes) is 2. The molecule has 0 aliphatic carbocycles. The maximum Gasteiger partial charge on any atom is 0.406 e. The van der Waals surface area contributed by atoms with Gasteiger partial charge in [0.15, 0.2) is 0 Å². The monoisotopic (exact) mass is 386 g/mol. The molecule has 28 heavy (non-hydrogen) atoms. The Balaban J connectivity index is 1.45. The van der Waals surface area contributed by atoms with Crippen molar-refractivity contribution in [1.82, 2.24) is 19.7 Å². The molecule has 0 fully saturated rings. The summed E-state index contributed by atoms with van der Waals surface area (Å²) in [5, 5.41) is 18.4. The number of nitrogens with zero attached hydrogens (tertiary/aromatic N) is 5. The van der Waals surface area contributed by atoms with E-state index < -0.39 is 4.92 Å². The van der Waals surface area contributed by atoms with E-state index in [2.05, 4.69) is 15.2 Å². The summed E-state index contributed by atoms with van der Waals surface area (Å²) >= 11 is 0. The zero-order valence-electron chi connectivity index (χ0n) is 15.9. The molecule has 0 aliphatic heterocycles. The fourth-order valence-electron chi connectivity index (χ4n) is 3.19. The second-order valence-corrected chi connectivity index (χ2v) is 6.78. The summed E-state index contributed by atoms with van der Waals surface area (Å²) in [6, 6.07) is 8.25. The van der Waals surface area contributed by atoms with Crippen LogP contribution < -0.4 is 4.90 Å². The average Bonchev–Trinajstić information content (AvgIpc) is 3.28. The fraction of sp³-hybridized carbons (Fsp3) is 0.368. The molecule has 0 bridgehead atoms. The van der Waals surface area contributed by atoms with Crippen molar-refractivity contribution in [1.29, 1.82) is 0 Å². The number of hydrogen-bond donors (Lipinski definition) is 1. The summed E-state index contributed by atoms with van der Waals surface area (Å²) in [5.74, 6) is 0.138. The van der Waals surface area contributed by atoms with Crippen LogP contribution in [0.5, 0.6) is 0 Å². The number of anilines is 1. The van der Waals surface area contributed by atoms with Gasteiger partial charge in [0, 0.05) is 31.9 Å². The number of H-pyrrole nitrogens is 1. The van der Waals surface area contributed by atoms with Gasteiger partial charge in [0.2, 0.25) is 12.1 Å². The van der Waals surface area contributed by atoms with Gasteiger partial charge in [-0.15, -0.1) is 0 Å². The zero-order valence-corrected chi connectivity index (χ0v) is 15.9. The van der Waals surface area contributed by atoms with Gasteiger partial charge < -0.3 is 15.0 Å². The lowest BCUT2D eigenvalue weighted by molar-refractivity contribution is -0.388. The fourth-order valence-corrected chi connectivity index (χ4v) is 3.19. The smallest absolute Gasteiger partial charge is 0.358 e. The molecule has 3 aromatic rings. The maximum absolute atomic E-state index is 13.0. The first-order chi connectivity index (χ1) is 13.5. The van der Waals surface area contributed by atoms with Crippen molar-refractivity contribution < 1.29 is 9.31 Å². The lowest BCUT2D eigenvalue weighted by Crippen LogP contribution is -2.21. The van der Waals surface area contributed by atoms with Crippen LogP contribution in [0.3, 0.4) is 0 Å². The Morgan fingerprint density at radius 2 is 2.00 bits per heavy atom. The minimum Gasteiger partial charge on any atom is -0.358 e. The molecule has 8 nitrogen and oxygen atoms in total. The number of imidazole rings is 1. The molecule has 1 aromatic carbocycles. The minimum atomic E-state index is -0.456. The average molecular weight is 386 g/mol. The summed E-state index contributed by atoms with van der Waals surface area (Å²) < 4.78 is 14.7. The molecule has 0 spiro atoms. The standard InChI is InChI=1S/C19H23FN6O2/c1-24(19-18(26(27)28)21-13-25(19)2)11-5-3-4-6-16-12-17(23-22-16)14-7-9-15(20)10-8-14/h7-10,12-13H,3-6,11H2,1-2H3,(H,22,23). The Morgan fingerprint density at radius 1 is 1.25 bits per heavy atom. The largest absolute Gasteiger partial charge is 0.406 e. The Kier molecular flexibility index (Phi) is 6.03. The van der Waals surface area contributed by atoms with Crippen LogP contribution in [-0.4, -0.2) is 38.3 Å². The van der Waals surface area contributed by atoms with E-state index in [0.29, 0.717) is 12.4 Å². The van der Waals surface area contributed by atoms with Crippen LogP contribution in [0.15, 0.2) is 36.7 Å². The Hall–Kier alpha value is -3.23. The van der Waals surface area contributed by atoms with Gasteiger partial charge in [-0.3, -0.25) is 9.67 Å². The number of aromatic amines is 1. The number of nitrogens with one attached hydrogen (secondary N) is 1. The minimum absolute atomic E-state index is 0.115. The molecule has 0 unspecified atom stereocenters. The number of rotatable bonds is 9. The van der Waals surface area contributed by atoms with E-state index in [0.717, 1.165) is 42.6 Å². The second-order valence-electron chi connectivity index (χ2n) is 6.78. The molecule has 9 heteroatoms. The number of benzene rings is 1. The molecule has 2 heterocycles. The molecule has 3 rings (SSSR count). The third-order valence-electron chi connectivity index (χ3n) is 4.63. The molecule has 1 N–H and O–H groups in total. The van der Waals surface area contributed by atoms with Gasteiger partial charge in [-0.1, -0.05) is 6.42 Å². The van der Waals surface area contributed by atoms with Crippen LogP contribution in [0.25, 0.3) is 11.3 Å². The molecule has 0 amide bonds. The van der Waals surface area contributed by atoms with Crippen molar-refractivity contribution in [2.45, 2.75) is 25.7 Å². The summed E-state index contributed by atoms with van der Waals surface area (Å²) in [4.78, 5) is 16.3. The van der Waals surface area contributed by atoms with Gasteiger partial charge >= 0.3 is 5.82 Å². The molecular weight excluding hydrogens is 363 g/mol. The van der Waals surface area contributed by atoms with Crippen LogP contribution >= 0.6 is 0 Å². The van der Waals surface area contributed by atoms with Gasteiger partial charge in [-0.2, -0.15) is 5.10 Å². The highest BCUT2D eigenvalue weighted by Crippen LogP contribution is 2.25. The Bertz CT molecular complexity index is 934. The predicted molar refractivity (Wildman–Crippen MR) is 105 cm³/mol. The molecule has 2 aromatic heterocycles.